The van der Waals surface area contributed by atoms with Crippen LogP contribution in [0.1, 0.15) is 24.7 Å². The molecule has 0 unspecified atom stereocenters. The van der Waals surface area contributed by atoms with Gasteiger partial charge in [0.1, 0.15) is 5.75 Å². The summed E-state index contributed by atoms with van der Waals surface area (Å²) in [4.78, 5) is 15.5. The number of hydrogen-bond donors (Lipinski definition) is 1. The van der Waals surface area contributed by atoms with Crippen LogP contribution in [0, 0.1) is 6.92 Å². The van der Waals surface area contributed by atoms with Crippen molar-refractivity contribution < 1.29 is 14.3 Å². The number of esters is 1. The molecule has 1 aromatic rings. The smallest absolute Gasteiger partial charge is 0.307 e. The number of nitrogens with zero attached hydrogens (tertiary/aromatic N) is 1. The normalized spacial score (nSPS) is 10.2. The molecule has 5 nitrogen and oxygen atoms in total. The number of ether oxygens (including phenoxy) is 2. The minimum atomic E-state index is -0.181. The number of methoxy groups -OCH3 is 1. The van der Waals surface area contributed by atoms with Gasteiger partial charge in [-0.15, -0.1) is 0 Å². The Hall–Kier alpha value is -1.62. The molecule has 0 atom stereocenters. The van der Waals surface area contributed by atoms with Crippen molar-refractivity contribution in [2.75, 3.05) is 20.3 Å². The van der Waals surface area contributed by atoms with Crippen LogP contribution in [0.5, 0.6) is 5.75 Å². The third-order valence-electron chi connectivity index (χ3n) is 2.33. The van der Waals surface area contributed by atoms with Gasteiger partial charge in [0, 0.05) is 30.9 Å². The molecule has 1 rings (SSSR count). The largest absolute Gasteiger partial charge is 0.497 e. The Morgan fingerprint density at radius 1 is 1.44 bits per heavy atom. The molecule has 0 aliphatic carbocycles. The molecule has 0 aliphatic heterocycles. The highest BCUT2D eigenvalue weighted by Crippen LogP contribution is 2.12. The van der Waals surface area contributed by atoms with Gasteiger partial charge in [0.25, 0.3) is 0 Å². The van der Waals surface area contributed by atoms with Gasteiger partial charge in [0.15, 0.2) is 0 Å². The zero-order chi connectivity index (χ0) is 13.4. The lowest BCUT2D eigenvalue weighted by Crippen LogP contribution is -2.19. The van der Waals surface area contributed by atoms with Crippen molar-refractivity contribution in [3.63, 3.8) is 0 Å². The van der Waals surface area contributed by atoms with E-state index in [9.17, 15) is 4.79 Å². The first-order chi connectivity index (χ1) is 8.65. The lowest BCUT2D eigenvalue weighted by Gasteiger charge is -2.07. The molecule has 0 saturated carbocycles. The molecule has 0 aromatic carbocycles. The molecule has 1 aromatic heterocycles. The molecule has 100 valence electrons. The molecule has 18 heavy (non-hydrogen) atoms. The zero-order valence-electron chi connectivity index (χ0n) is 11.2. The third kappa shape index (κ3) is 5.14. The fourth-order valence-electron chi connectivity index (χ4n) is 1.55. The van der Waals surface area contributed by atoms with Crippen LogP contribution in [0.3, 0.4) is 0 Å². The van der Waals surface area contributed by atoms with Crippen LogP contribution in [0.2, 0.25) is 0 Å². The number of aromatic nitrogens is 1. The minimum Gasteiger partial charge on any atom is -0.497 e. The fraction of sp³-hybridized carbons (Fsp3) is 0.538. The van der Waals surface area contributed by atoms with Crippen molar-refractivity contribution in [1.29, 1.82) is 0 Å². The van der Waals surface area contributed by atoms with E-state index >= 15 is 0 Å². The van der Waals surface area contributed by atoms with Crippen LogP contribution >= 0.6 is 0 Å². The second-order valence-electron chi connectivity index (χ2n) is 3.87. The number of aryl methyl sites for hydroxylation is 1. The van der Waals surface area contributed by atoms with Crippen molar-refractivity contribution >= 4 is 5.97 Å². The second-order valence-corrected chi connectivity index (χ2v) is 3.87. The Morgan fingerprint density at radius 2 is 2.22 bits per heavy atom. The van der Waals surface area contributed by atoms with E-state index in [0.29, 0.717) is 26.1 Å². The highest BCUT2D eigenvalue weighted by molar-refractivity contribution is 5.69. The number of hydrogen-bond acceptors (Lipinski definition) is 5. The second kappa shape index (κ2) is 7.66. The summed E-state index contributed by atoms with van der Waals surface area (Å²) in [5.74, 6) is 0.615. The lowest BCUT2D eigenvalue weighted by atomic mass is 10.3. The first-order valence-electron chi connectivity index (χ1n) is 6.03. The van der Waals surface area contributed by atoms with Crippen LogP contribution in [0.25, 0.3) is 0 Å². The van der Waals surface area contributed by atoms with E-state index in [1.165, 1.54) is 0 Å². The first-order valence-corrected chi connectivity index (χ1v) is 6.03. The van der Waals surface area contributed by atoms with Crippen molar-refractivity contribution in [2.24, 2.45) is 0 Å². The SMILES string of the molecule is CCOC(=O)CCNCc1cc(OC)cc(C)n1. The first kappa shape index (κ1) is 14.4. The summed E-state index contributed by atoms with van der Waals surface area (Å²) in [6, 6.07) is 3.76. The summed E-state index contributed by atoms with van der Waals surface area (Å²) < 4.78 is 10.0. The molecular weight excluding hydrogens is 232 g/mol. The van der Waals surface area contributed by atoms with Crippen LogP contribution in [0.4, 0.5) is 0 Å². The van der Waals surface area contributed by atoms with Crippen molar-refractivity contribution in [1.82, 2.24) is 10.3 Å². The van der Waals surface area contributed by atoms with E-state index in [4.69, 9.17) is 9.47 Å². The van der Waals surface area contributed by atoms with Gasteiger partial charge in [-0.1, -0.05) is 0 Å². The quantitative estimate of drug-likeness (QED) is 0.588. The Balaban J connectivity index is 2.35. The molecule has 5 heteroatoms. The summed E-state index contributed by atoms with van der Waals surface area (Å²) in [7, 11) is 1.63. The number of rotatable bonds is 7. The van der Waals surface area contributed by atoms with Crippen LogP contribution in [-0.2, 0) is 16.1 Å². The van der Waals surface area contributed by atoms with Gasteiger partial charge in [-0.25, -0.2) is 0 Å². The molecular formula is C13H20N2O3. The van der Waals surface area contributed by atoms with Gasteiger partial charge in [-0.3, -0.25) is 9.78 Å². The molecule has 1 heterocycles. The van der Waals surface area contributed by atoms with Crippen LogP contribution < -0.4 is 10.1 Å². The molecule has 0 saturated heterocycles. The van der Waals surface area contributed by atoms with Crippen molar-refractivity contribution in [2.45, 2.75) is 26.8 Å². The van der Waals surface area contributed by atoms with Crippen molar-refractivity contribution in [3.8, 4) is 5.75 Å². The van der Waals surface area contributed by atoms with Crippen molar-refractivity contribution in [3.05, 3.63) is 23.5 Å². The van der Waals surface area contributed by atoms with E-state index in [0.717, 1.165) is 17.1 Å². The summed E-state index contributed by atoms with van der Waals surface area (Å²) >= 11 is 0. The van der Waals surface area contributed by atoms with Gasteiger partial charge < -0.3 is 14.8 Å². The Morgan fingerprint density at radius 3 is 2.89 bits per heavy atom. The predicted octanol–water partition coefficient (Wildman–Crippen LogP) is 1.44. The minimum absolute atomic E-state index is 0.181. The Labute approximate surface area is 108 Å². The van der Waals surface area contributed by atoms with Crippen LogP contribution in [0.15, 0.2) is 12.1 Å². The van der Waals surface area contributed by atoms with E-state index in [2.05, 4.69) is 10.3 Å². The lowest BCUT2D eigenvalue weighted by molar-refractivity contribution is -0.142. The maximum Gasteiger partial charge on any atom is 0.307 e. The van der Waals surface area contributed by atoms with Gasteiger partial charge in [-0.2, -0.15) is 0 Å². The Bertz CT molecular complexity index is 394. The number of pyridine rings is 1. The van der Waals surface area contributed by atoms with E-state index in [1.54, 1.807) is 14.0 Å². The van der Waals surface area contributed by atoms with Gasteiger partial charge in [-0.05, 0) is 13.8 Å². The Kier molecular flexibility index (Phi) is 6.14. The highest BCUT2D eigenvalue weighted by atomic mass is 16.5. The maximum absolute atomic E-state index is 11.1. The molecule has 0 amide bonds. The van der Waals surface area contributed by atoms with E-state index in [1.807, 2.05) is 19.1 Å². The van der Waals surface area contributed by atoms with Gasteiger partial charge in [0.2, 0.25) is 0 Å². The molecule has 0 spiro atoms. The maximum atomic E-state index is 11.1. The standard InChI is InChI=1S/C13H20N2O3/c1-4-18-13(16)5-6-14-9-11-8-12(17-3)7-10(2)15-11/h7-8,14H,4-6,9H2,1-3H3. The summed E-state index contributed by atoms with van der Waals surface area (Å²) in [6.45, 7) is 5.34. The predicted molar refractivity (Wildman–Crippen MR) is 68.5 cm³/mol. The highest BCUT2D eigenvalue weighted by Gasteiger charge is 2.03. The molecule has 0 fully saturated rings. The topological polar surface area (TPSA) is 60.5 Å². The average molecular weight is 252 g/mol. The summed E-state index contributed by atoms with van der Waals surface area (Å²) in [5.41, 5.74) is 1.81. The molecule has 0 bridgehead atoms. The summed E-state index contributed by atoms with van der Waals surface area (Å²) in [5, 5.41) is 3.15. The number of carbonyl (C=O) groups is 1. The summed E-state index contributed by atoms with van der Waals surface area (Å²) in [6.07, 6.45) is 0.372. The molecule has 1 N–H and O–H groups in total. The average Bonchev–Trinajstić information content (AvgIpc) is 2.34. The number of nitrogens with one attached hydrogen (secondary N) is 1. The van der Waals surface area contributed by atoms with Gasteiger partial charge in [0.05, 0.1) is 25.8 Å². The van der Waals surface area contributed by atoms with E-state index < -0.39 is 0 Å². The van der Waals surface area contributed by atoms with E-state index in [-0.39, 0.29) is 5.97 Å². The fourth-order valence-corrected chi connectivity index (χ4v) is 1.55. The third-order valence-corrected chi connectivity index (χ3v) is 2.33. The monoisotopic (exact) mass is 252 g/mol. The molecule has 0 aliphatic rings. The van der Waals surface area contributed by atoms with Crippen LogP contribution in [-0.4, -0.2) is 31.2 Å². The van der Waals surface area contributed by atoms with Gasteiger partial charge >= 0.3 is 5.97 Å². The zero-order valence-corrected chi connectivity index (χ0v) is 11.2. The molecule has 0 radical (unpaired) electrons. The number of carbonyl (C=O) groups excluding carboxylic acids is 1.